The summed E-state index contributed by atoms with van der Waals surface area (Å²) in [5.41, 5.74) is 7.51. The Bertz CT molecular complexity index is 718. The van der Waals surface area contributed by atoms with Crippen LogP contribution in [0, 0.1) is 39.0 Å². The molecule has 0 aliphatic rings. The number of nitriles is 1. The van der Waals surface area contributed by atoms with Gasteiger partial charge >= 0.3 is 0 Å². The molecular weight excluding hydrogens is 248 g/mol. The van der Waals surface area contributed by atoms with E-state index in [0.29, 0.717) is 0 Å². The van der Waals surface area contributed by atoms with Gasteiger partial charge in [-0.1, -0.05) is 0 Å². The van der Waals surface area contributed by atoms with E-state index in [1.54, 1.807) is 7.11 Å². The quantitative estimate of drug-likeness (QED) is 0.830. The number of ether oxygens (including phenoxy) is 1. The third-order valence-corrected chi connectivity index (χ3v) is 4.18. The standard InChI is InChI=1S/C17H20N2O/c1-10-7-16(20-6)11(2)12(3)17(10)15-8-14(9-18)13(4)19(15)5/h7-8H,1-6H3. The molecule has 0 aliphatic carbocycles. The van der Waals surface area contributed by atoms with E-state index in [9.17, 15) is 5.26 Å². The van der Waals surface area contributed by atoms with E-state index in [1.165, 1.54) is 11.1 Å². The number of hydrogen-bond donors (Lipinski definition) is 0. The molecule has 0 atom stereocenters. The second kappa shape index (κ2) is 5.05. The second-order valence-corrected chi connectivity index (χ2v) is 5.22. The highest BCUT2D eigenvalue weighted by Crippen LogP contribution is 2.35. The van der Waals surface area contributed by atoms with Crippen LogP contribution in [0.4, 0.5) is 0 Å². The maximum absolute atomic E-state index is 9.20. The van der Waals surface area contributed by atoms with Crippen molar-refractivity contribution in [1.82, 2.24) is 4.57 Å². The molecule has 0 saturated heterocycles. The molecule has 3 nitrogen and oxygen atoms in total. The van der Waals surface area contributed by atoms with Gasteiger partial charge in [-0.05, 0) is 56.5 Å². The van der Waals surface area contributed by atoms with E-state index < -0.39 is 0 Å². The maximum Gasteiger partial charge on any atom is 0.122 e. The smallest absolute Gasteiger partial charge is 0.122 e. The Morgan fingerprint density at radius 1 is 1.10 bits per heavy atom. The van der Waals surface area contributed by atoms with Gasteiger partial charge in [-0.2, -0.15) is 5.26 Å². The monoisotopic (exact) mass is 268 g/mol. The normalized spacial score (nSPS) is 10.4. The molecule has 20 heavy (non-hydrogen) atoms. The molecule has 3 heteroatoms. The van der Waals surface area contributed by atoms with Crippen molar-refractivity contribution in [3.8, 4) is 23.1 Å². The predicted octanol–water partition coefficient (Wildman–Crippen LogP) is 3.81. The summed E-state index contributed by atoms with van der Waals surface area (Å²) < 4.78 is 7.50. The van der Waals surface area contributed by atoms with Crippen LogP contribution in [0.3, 0.4) is 0 Å². The molecule has 0 bridgehead atoms. The van der Waals surface area contributed by atoms with Gasteiger partial charge < -0.3 is 9.30 Å². The lowest BCUT2D eigenvalue weighted by Crippen LogP contribution is -2.00. The van der Waals surface area contributed by atoms with E-state index in [2.05, 4.69) is 37.5 Å². The summed E-state index contributed by atoms with van der Waals surface area (Å²) in [6.07, 6.45) is 0. The Labute approximate surface area is 120 Å². The van der Waals surface area contributed by atoms with Crippen LogP contribution < -0.4 is 4.74 Å². The average molecular weight is 268 g/mol. The van der Waals surface area contributed by atoms with Crippen LogP contribution in [-0.4, -0.2) is 11.7 Å². The fraction of sp³-hybridized carbons (Fsp3) is 0.353. The summed E-state index contributed by atoms with van der Waals surface area (Å²) in [6.45, 7) is 8.23. The molecule has 1 aromatic heterocycles. The van der Waals surface area contributed by atoms with Crippen molar-refractivity contribution in [2.24, 2.45) is 7.05 Å². The fourth-order valence-electron chi connectivity index (χ4n) is 2.70. The lowest BCUT2D eigenvalue weighted by Gasteiger charge is -2.17. The van der Waals surface area contributed by atoms with Crippen molar-refractivity contribution in [1.29, 1.82) is 5.26 Å². The van der Waals surface area contributed by atoms with Gasteiger partial charge in [0.1, 0.15) is 11.8 Å². The first-order valence-electron chi connectivity index (χ1n) is 6.64. The molecule has 2 aromatic rings. The summed E-state index contributed by atoms with van der Waals surface area (Å²) in [4.78, 5) is 0. The molecule has 1 aromatic carbocycles. The summed E-state index contributed by atoms with van der Waals surface area (Å²) in [5.74, 6) is 0.912. The zero-order valence-corrected chi connectivity index (χ0v) is 13.0. The first-order chi connectivity index (χ1) is 9.42. The van der Waals surface area contributed by atoms with Gasteiger partial charge in [0.15, 0.2) is 0 Å². The minimum Gasteiger partial charge on any atom is -0.496 e. The Hall–Kier alpha value is -2.21. The van der Waals surface area contributed by atoms with Crippen LogP contribution in [0.25, 0.3) is 11.3 Å². The van der Waals surface area contributed by atoms with Gasteiger partial charge in [0.2, 0.25) is 0 Å². The van der Waals surface area contributed by atoms with E-state index in [4.69, 9.17) is 4.74 Å². The third-order valence-electron chi connectivity index (χ3n) is 4.18. The molecule has 0 unspecified atom stereocenters. The van der Waals surface area contributed by atoms with Crippen LogP contribution in [0.5, 0.6) is 5.75 Å². The first-order valence-corrected chi connectivity index (χ1v) is 6.64. The van der Waals surface area contributed by atoms with E-state index in [0.717, 1.165) is 33.8 Å². The van der Waals surface area contributed by atoms with Crippen molar-refractivity contribution in [3.63, 3.8) is 0 Å². The molecule has 0 aliphatic heterocycles. The molecule has 0 radical (unpaired) electrons. The van der Waals surface area contributed by atoms with E-state index >= 15 is 0 Å². The van der Waals surface area contributed by atoms with Crippen molar-refractivity contribution >= 4 is 0 Å². The van der Waals surface area contributed by atoms with Crippen LogP contribution in [0.15, 0.2) is 12.1 Å². The SMILES string of the molecule is COc1cc(C)c(-c2cc(C#N)c(C)n2C)c(C)c1C. The largest absolute Gasteiger partial charge is 0.496 e. The number of nitrogens with zero attached hydrogens (tertiary/aromatic N) is 2. The number of aryl methyl sites for hydroxylation is 1. The summed E-state index contributed by atoms with van der Waals surface area (Å²) in [5, 5.41) is 9.20. The minimum atomic E-state index is 0.731. The molecule has 2 rings (SSSR count). The zero-order chi connectivity index (χ0) is 15.0. The van der Waals surface area contributed by atoms with Gasteiger partial charge in [0, 0.05) is 24.0 Å². The van der Waals surface area contributed by atoms with E-state index in [-0.39, 0.29) is 0 Å². The van der Waals surface area contributed by atoms with Crippen LogP contribution in [0.2, 0.25) is 0 Å². The predicted molar refractivity (Wildman–Crippen MR) is 81.1 cm³/mol. The highest BCUT2D eigenvalue weighted by Gasteiger charge is 2.17. The van der Waals surface area contributed by atoms with Crippen molar-refractivity contribution in [2.45, 2.75) is 27.7 Å². The zero-order valence-electron chi connectivity index (χ0n) is 13.0. The van der Waals surface area contributed by atoms with Gasteiger partial charge in [0.05, 0.1) is 12.7 Å². The number of hydrogen-bond acceptors (Lipinski definition) is 2. The van der Waals surface area contributed by atoms with Crippen LogP contribution in [0.1, 0.15) is 27.9 Å². The molecule has 0 N–H and O–H groups in total. The fourth-order valence-corrected chi connectivity index (χ4v) is 2.70. The number of rotatable bonds is 2. The van der Waals surface area contributed by atoms with Crippen LogP contribution in [-0.2, 0) is 7.05 Å². The topological polar surface area (TPSA) is 37.9 Å². The first kappa shape index (κ1) is 14.2. The molecule has 104 valence electrons. The van der Waals surface area contributed by atoms with Gasteiger partial charge in [-0.15, -0.1) is 0 Å². The summed E-state index contributed by atoms with van der Waals surface area (Å²) in [6, 6.07) is 6.29. The summed E-state index contributed by atoms with van der Waals surface area (Å²) in [7, 11) is 3.70. The Balaban J connectivity index is 2.78. The van der Waals surface area contributed by atoms with Gasteiger partial charge in [-0.3, -0.25) is 0 Å². The highest BCUT2D eigenvalue weighted by molar-refractivity contribution is 5.73. The molecule has 0 amide bonds. The lowest BCUT2D eigenvalue weighted by atomic mass is 9.95. The molecule has 0 saturated carbocycles. The third kappa shape index (κ3) is 1.98. The van der Waals surface area contributed by atoms with Crippen molar-refractivity contribution in [2.75, 3.05) is 7.11 Å². The molecule has 0 fully saturated rings. The van der Waals surface area contributed by atoms with Crippen molar-refractivity contribution < 1.29 is 4.74 Å². The van der Waals surface area contributed by atoms with Gasteiger partial charge in [-0.25, -0.2) is 0 Å². The average Bonchev–Trinajstić information content (AvgIpc) is 2.71. The summed E-state index contributed by atoms with van der Waals surface area (Å²) >= 11 is 0. The number of aromatic nitrogens is 1. The molecule has 0 spiro atoms. The Kier molecular flexibility index (Phi) is 3.59. The number of methoxy groups -OCH3 is 1. The lowest BCUT2D eigenvalue weighted by molar-refractivity contribution is 0.411. The molecular formula is C17H20N2O. The van der Waals surface area contributed by atoms with Gasteiger partial charge in [0.25, 0.3) is 0 Å². The van der Waals surface area contributed by atoms with E-state index in [1.807, 2.05) is 20.0 Å². The second-order valence-electron chi connectivity index (χ2n) is 5.22. The Morgan fingerprint density at radius 2 is 1.75 bits per heavy atom. The van der Waals surface area contributed by atoms with Crippen molar-refractivity contribution in [3.05, 3.63) is 40.1 Å². The highest BCUT2D eigenvalue weighted by atomic mass is 16.5. The minimum absolute atomic E-state index is 0.731. The number of benzene rings is 1. The molecule has 1 heterocycles. The van der Waals surface area contributed by atoms with Crippen LogP contribution >= 0.6 is 0 Å². The Morgan fingerprint density at radius 3 is 2.25 bits per heavy atom. The maximum atomic E-state index is 9.20.